The van der Waals surface area contributed by atoms with Gasteiger partial charge < -0.3 is 10.2 Å². The second-order valence-corrected chi connectivity index (χ2v) is 7.30. The van der Waals surface area contributed by atoms with Gasteiger partial charge in [0.15, 0.2) is 0 Å². The van der Waals surface area contributed by atoms with Gasteiger partial charge in [-0.3, -0.25) is 0 Å². The minimum absolute atomic E-state index is 0.524. The molecule has 0 radical (unpaired) electrons. The van der Waals surface area contributed by atoms with E-state index in [4.69, 9.17) is 4.98 Å². The second-order valence-electron chi connectivity index (χ2n) is 7.30. The Morgan fingerprint density at radius 1 is 1.14 bits per heavy atom. The summed E-state index contributed by atoms with van der Waals surface area (Å²) in [6.07, 6.45) is 5.65. The molecule has 0 atom stereocenters. The zero-order valence-electron chi connectivity index (χ0n) is 13.7. The van der Waals surface area contributed by atoms with Crippen molar-refractivity contribution < 1.29 is 0 Å². The molecule has 0 saturated heterocycles. The van der Waals surface area contributed by atoms with E-state index in [0.29, 0.717) is 6.04 Å². The van der Waals surface area contributed by atoms with Crippen LogP contribution in [0, 0.1) is 18.8 Å². The first kappa shape index (κ1) is 14.8. The maximum atomic E-state index is 4.82. The van der Waals surface area contributed by atoms with Crippen molar-refractivity contribution in [3.8, 4) is 0 Å². The molecule has 2 fully saturated rings. The van der Waals surface area contributed by atoms with Gasteiger partial charge in [0.25, 0.3) is 0 Å². The van der Waals surface area contributed by atoms with Gasteiger partial charge in [-0.1, -0.05) is 13.8 Å². The Morgan fingerprint density at radius 3 is 2.29 bits per heavy atom. The van der Waals surface area contributed by atoms with Crippen molar-refractivity contribution in [3.63, 3.8) is 0 Å². The third kappa shape index (κ3) is 4.70. The topological polar surface area (TPSA) is 28.2 Å². The zero-order chi connectivity index (χ0) is 14.8. The summed E-state index contributed by atoms with van der Waals surface area (Å²) >= 11 is 0. The molecular weight excluding hydrogens is 258 g/mol. The first-order chi connectivity index (χ1) is 10.1. The summed E-state index contributed by atoms with van der Waals surface area (Å²) in [7, 11) is 0. The van der Waals surface area contributed by atoms with E-state index in [9.17, 15) is 0 Å². The van der Waals surface area contributed by atoms with Gasteiger partial charge in [0.05, 0.1) is 0 Å². The van der Waals surface area contributed by atoms with Crippen LogP contribution < -0.4 is 10.2 Å². The van der Waals surface area contributed by atoms with Gasteiger partial charge in [-0.05, 0) is 62.1 Å². The van der Waals surface area contributed by atoms with Crippen LogP contribution in [-0.2, 0) is 6.54 Å². The predicted octanol–water partition coefficient (Wildman–Crippen LogP) is 3.51. The van der Waals surface area contributed by atoms with Crippen LogP contribution in [0.15, 0.2) is 12.1 Å². The lowest BCUT2D eigenvalue weighted by Crippen LogP contribution is -2.29. The molecule has 1 aromatic heterocycles. The van der Waals surface area contributed by atoms with E-state index >= 15 is 0 Å². The summed E-state index contributed by atoms with van der Waals surface area (Å²) in [4.78, 5) is 7.38. The maximum absolute atomic E-state index is 4.82. The molecule has 0 aliphatic heterocycles. The molecule has 3 nitrogen and oxygen atoms in total. The number of nitrogens with zero attached hydrogens (tertiary/aromatic N) is 2. The van der Waals surface area contributed by atoms with Crippen molar-refractivity contribution in [2.24, 2.45) is 11.8 Å². The zero-order valence-corrected chi connectivity index (χ0v) is 13.7. The second kappa shape index (κ2) is 6.35. The number of pyridine rings is 1. The number of aromatic nitrogens is 1. The smallest absolute Gasteiger partial charge is 0.129 e. The number of hydrogen-bond acceptors (Lipinski definition) is 3. The van der Waals surface area contributed by atoms with Gasteiger partial charge in [-0.25, -0.2) is 4.98 Å². The fourth-order valence-electron chi connectivity index (χ4n) is 2.79. The third-order valence-electron chi connectivity index (χ3n) is 4.39. The lowest BCUT2D eigenvalue weighted by molar-refractivity contribution is 0.587. The molecule has 21 heavy (non-hydrogen) atoms. The van der Waals surface area contributed by atoms with Gasteiger partial charge in [-0.2, -0.15) is 0 Å². The molecule has 116 valence electrons. The molecule has 0 amide bonds. The van der Waals surface area contributed by atoms with Crippen molar-refractivity contribution in [2.45, 2.75) is 59.0 Å². The van der Waals surface area contributed by atoms with Crippen LogP contribution in [0.25, 0.3) is 0 Å². The summed E-state index contributed by atoms with van der Waals surface area (Å²) in [5, 5.41) is 3.52. The fraction of sp³-hybridized carbons (Fsp3) is 0.722. The lowest BCUT2D eigenvalue weighted by Gasteiger charge is -2.25. The number of nitrogens with one attached hydrogen (secondary N) is 1. The standard InChI is InChI=1S/C18H29N3/c1-13(2)19-10-17-8-14(3)20-18(9-17)21(11-15-4-5-15)12-16-6-7-16/h8-9,13,15-16,19H,4-7,10-12H2,1-3H3. The molecule has 2 saturated carbocycles. The van der Waals surface area contributed by atoms with Crippen molar-refractivity contribution in [1.29, 1.82) is 0 Å². The molecule has 3 heteroatoms. The molecular formula is C18H29N3. The third-order valence-corrected chi connectivity index (χ3v) is 4.39. The van der Waals surface area contributed by atoms with Gasteiger partial charge in [0.2, 0.25) is 0 Å². The Bertz CT molecular complexity index is 461. The van der Waals surface area contributed by atoms with Gasteiger partial charge in [0.1, 0.15) is 5.82 Å². The lowest BCUT2D eigenvalue weighted by atomic mass is 10.2. The Kier molecular flexibility index (Phi) is 4.48. The van der Waals surface area contributed by atoms with Crippen LogP contribution in [0.3, 0.4) is 0 Å². The van der Waals surface area contributed by atoms with Crippen LogP contribution >= 0.6 is 0 Å². The quantitative estimate of drug-likeness (QED) is 0.793. The van der Waals surface area contributed by atoms with E-state index in [1.165, 1.54) is 50.2 Å². The normalized spacial score (nSPS) is 18.3. The SMILES string of the molecule is Cc1cc(CNC(C)C)cc(N(CC2CC2)CC2CC2)n1. The van der Waals surface area contributed by atoms with Crippen LogP contribution in [0.4, 0.5) is 5.82 Å². The van der Waals surface area contributed by atoms with Gasteiger partial charge >= 0.3 is 0 Å². The van der Waals surface area contributed by atoms with E-state index in [-0.39, 0.29) is 0 Å². The van der Waals surface area contributed by atoms with Crippen molar-refractivity contribution in [3.05, 3.63) is 23.4 Å². The fourth-order valence-corrected chi connectivity index (χ4v) is 2.79. The molecule has 1 heterocycles. The van der Waals surface area contributed by atoms with Crippen LogP contribution in [0.1, 0.15) is 50.8 Å². The Morgan fingerprint density at radius 2 is 1.76 bits per heavy atom. The van der Waals surface area contributed by atoms with Crippen molar-refractivity contribution >= 4 is 5.82 Å². The van der Waals surface area contributed by atoms with E-state index in [2.05, 4.69) is 43.1 Å². The van der Waals surface area contributed by atoms with Gasteiger partial charge in [-0.15, -0.1) is 0 Å². The summed E-state index contributed by atoms with van der Waals surface area (Å²) < 4.78 is 0. The molecule has 1 N–H and O–H groups in total. The minimum atomic E-state index is 0.524. The summed E-state index contributed by atoms with van der Waals surface area (Å²) in [5.74, 6) is 3.04. The van der Waals surface area contributed by atoms with Crippen molar-refractivity contribution in [1.82, 2.24) is 10.3 Å². The largest absolute Gasteiger partial charge is 0.356 e. The molecule has 0 aromatic carbocycles. The van der Waals surface area contributed by atoms with Crippen LogP contribution in [0.5, 0.6) is 0 Å². The average Bonchev–Trinajstić information content (AvgIpc) is 3.30. The molecule has 0 unspecified atom stereocenters. The number of hydrogen-bond donors (Lipinski definition) is 1. The van der Waals surface area contributed by atoms with Crippen LogP contribution in [0.2, 0.25) is 0 Å². The first-order valence-electron chi connectivity index (χ1n) is 8.56. The van der Waals surface area contributed by atoms with E-state index in [1.807, 2.05) is 0 Å². The van der Waals surface area contributed by atoms with E-state index in [0.717, 1.165) is 24.1 Å². The van der Waals surface area contributed by atoms with E-state index in [1.54, 1.807) is 0 Å². The van der Waals surface area contributed by atoms with Gasteiger partial charge in [0, 0.05) is 31.4 Å². The molecule has 2 aliphatic rings. The predicted molar refractivity (Wildman–Crippen MR) is 88.6 cm³/mol. The minimum Gasteiger partial charge on any atom is -0.356 e. The highest BCUT2D eigenvalue weighted by molar-refractivity contribution is 5.43. The molecule has 2 aliphatic carbocycles. The Balaban J connectivity index is 1.72. The number of rotatable bonds is 8. The summed E-state index contributed by atoms with van der Waals surface area (Å²) in [5.41, 5.74) is 2.51. The molecule has 1 aromatic rings. The molecule has 3 rings (SSSR count). The Labute approximate surface area is 129 Å². The monoisotopic (exact) mass is 287 g/mol. The summed E-state index contributed by atoms with van der Waals surface area (Å²) in [6.45, 7) is 9.88. The maximum Gasteiger partial charge on any atom is 0.129 e. The summed E-state index contributed by atoms with van der Waals surface area (Å²) in [6, 6.07) is 5.04. The molecule has 0 spiro atoms. The van der Waals surface area contributed by atoms with Crippen molar-refractivity contribution in [2.75, 3.05) is 18.0 Å². The number of aryl methyl sites for hydroxylation is 1. The number of anilines is 1. The highest BCUT2D eigenvalue weighted by atomic mass is 15.2. The Hall–Kier alpha value is -1.09. The first-order valence-corrected chi connectivity index (χ1v) is 8.56. The average molecular weight is 287 g/mol. The van der Waals surface area contributed by atoms with E-state index < -0.39 is 0 Å². The molecule has 0 bridgehead atoms. The highest BCUT2D eigenvalue weighted by Crippen LogP contribution is 2.35. The highest BCUT2D eigenvalue weighted by Gasteiger charge is 2.30. The van der Waals surface area contributed by atoms with Crippen LogP contribution in [-0.4, -0.2) is 24.1 Å².